The molecule has 2 nitrogen and oxygen atoms in total. The Hall–Kier alpha value is -1.12. The molecule has 1 aromatic heterocycles. The molecule has 0 spiro atoms. The van der Waals surface area contributed by atoms with Gasteiger partial charge in [0.15, 0.2) is 18.7 Å². The molecule has 1 aromatic carbocycles. The number of hydrogen-bond donors (Lipinski definition) is 0. The number of aryl methyl sites for hydroxylation is 1. The molecule has 1 heterocycles. The summed E-state index contributed by atoms with van der Waals surface area (Å²) in [6.45, 7) is 0. The average molecular weight is 241 g/mol. The standard InChI is InChI=1S/C11H8Cl2NO/c1-14-4-7(6-15)8-2-3-10(12)11(13)9(8)5-14/h2-6H,1H3/q+1. The number of halogens is 2. The van der Waals surface area contributed by atoms with Crippen molar-refractivity contribution >= 4 is 40.3 Å². The first kappa shape index (κ1) is 10.4. The molecule has 4 heteroatoms. The van der Waals surface area contributed by atoms with Crippen LogP contribution in [0.3, 0.4) is 0 Å². The predicted molar refractivity (Wildman–Crippen MR) is 60.5 cm³/mol. The summed E-state index contributed by atoms with van der Waals surface area (Å²) in [6.07, 6.45) is 4.41. The van der Waals surface area contributed by atoms with Crippen molar-refractivity contribution in [2.45, 2.75) is 0 Å². The molecule has 0 amide bonds. The molecular weight excluding hydrogens is 233 g/mol. The molecule has 76 valence electrons. The van der Waals surface area contributed by atoms with Crippen LogP contribution >= 0.6 is 23.2 Å². The molecule has 0 saturated carbocycles. The first-order valence-corrected chi connectivity index (χ1v) is 5.11. The van der Waals surface area contributed by atoms with Gasteiger partial charge in [-0.2, -0.15) is 0 Å². The number of nitrogens with zero attached hydrogens (tertiary/aromatic N) is 1. The van der Waals surface area contributed by atoms with E-state index in [1.165, 1.54) is 0 Å². The van der Waals surface area contributed by atoms with Crippen molar-refractivity contribution < 1.29 is 9.36 Å². The Bertz CT molecular complexity index is 552. The van der Waals surface area contributed by atoms with Gasteiger partial charge in [-0.3, -0.25) is 4.79 Å². The fourth-order valence-electron chi connectivity index (χ4n) is 1.57. The molecule has 2 rings (SSSR count). The molecule has 0 atom stereocenters. The molecule has 0 aliphatic rings. The molecular formula is C11H8Cl2NO+. The number of pyridine rings is 1. The number of benzene rings is 1. The lowest BCUT2D eigenvalue weighted by Crippen LogP contribution is -2.27. The lowest BCUT2D eigenvalue weighted by molar-refractivity contribution is -0.670. The molecule has 0 aliphatic carbocycles. The number of aromatic nitrogens is 1. The molecule has 0 radical (unpaired) electrons. The summed E-state index contributed by atoms with van der Waals surface area (Å²) in [7, 11) is 1.84. The van der Waals surface area contributed by atoms with Crippen LogP contribution in [0.5, 0.6) is 0 Å². The lowest BCUT2D eigenvalue weighted by Gasteiger charge is -2.02. The van der Waals surface area contributed by atoms with Gasteiger partial charge in [0.25, 0.3) is 0 Å². The minimum atomic E-state index is 0.480. The maximum absolute atomic E-state index is 10.9. The van der Waals surface area contributed by atoms with Gasteiger partial charge in [-0.05, 0) is 6.07 Å². The van der Waals surface area contributed by atoms with Gasteiger partial charge in [0.1, 0.15) is 7.05 Å². The molecule has 15 heavy (non-hydrogen) atoms. The predicted octanol–water partition coefficient (Wildman–Crippen LogP) is 2.78. The Kier molecular flexibility index (Phi) is 2.63. The van der Waals surface area contributed by atoms with Gasteiger partial charge in [0.05, 0.1) is 21.0 Å². The number of aldehydes is 1. The normalized spacial score (nSPS) is 10.6. The summed E-state index contributed by atoms with van der Waals surface area (Å²) in [6, 6.07) is 3.49. The smallest absolute Gasteiger partial charge is 0.179 e. The Morgan fingerprint density at radius 2 is 1.93 bits per heavy atom. The second-order valence-electron chi connectivity index (χ2n) is 3.32. The van der Waals surface area contributed by atoms with E-state index in [-0.39, 0.29) is 0 Å². The van der Waals surface area contributed by atoms with E-state index in [0.29, 0.717) is 15.6 Å². The van der Waals surface area contributed by atoms with E-state index < -0.39 is 0 Å². The van der Waals surface area contributed by atoms with E-state index in [9.17, 15) is 4.79 Å². The quantitative estimate of drug-likeness (QED) is 0.555. The van der Waals surface area contributed by atoms with E-state index in [1.807, 2.05) is 13.2 Å². The van der Waals surface area contributed by atoms with Crippen LogP contribution in [0.4, 0.5) is 0 Å². The molecule has 0 saturated heterocycles. The van der Waals surface area contributed by atoms with Gasteiger partial charge < -0.3 is 0 Å². The molecule has 0 bridgehead atoms. The highest BCUT2D eigenvalue weighted by atomic mass is 35.5. The van der Waals surface area contributed by atoms with Crippen molar-refractivity contribution in [3.8, 4) is 0 Å². The zero-order valence-corrected chi connectivity index (χ0v) is 9.51. The molecule has 0 N–H and O–H groups in total. The lowest BCUT2D eigenvalue weighted by atomic mass is 10.1. The van der Waals surface area contributed by atoms with Crippen LogP contribution in [0.2, 0.25) is 10.0 Å². The zero-order valence-electron chi connectivity index (χ0n) is 8.00. The fraction of sp³-hybridized carbons (Fsp3) is 0.0909. The van der Waals surface area contributed by atoms with E-state index in [4.69, 9.17) is 23.2 Å². The van der Waals surface area contributed by atoms with E-state index in [2.05, 4.69) is 0 Å². The van der Waals surface area contributed by atoms with Gasteiger partial charge >= 0.3 is 0 Å². The van der Waals surface area contributed by atoms with Gasteiger partial charge in [-0.1, -0.05) is 29.3 Å². The average Bonchev–Trinajstić information content (AvgIpc) is 2.23. The van der Waals surface area contributed by atoms with Crippen molar-refractivity contribution in [3.63, 3.8) is 0 Å². The molecule has 0 aliphatic heterocycles. The minimum absolute atomic E-state index is 0.480. The fourth-order valence-corrected chi connectivity index (χ4v) is 1.95. The van der Waals surface area contributed by atoms with Crippen molar-refractivity contribution in [2.75, 3.05) is 0 Å². The van der Waals surface area contributed by atoms with E-state index in [0.717, 1.165) is 17.1 Å². The highest BCUT2D eigenvalue weighted by Gasteiger charge is 2.11. The van der Waals surface area contributed by atoms with E-state index >= 15 is 0 Å². The summed E-state index contributed by atoms with van der Waals surface area (Å²) in [5, 5.41) is 2.58. The third-order valence-corrected chi connectivity index (χ3v) is 3.06. The summed E-state index contributed by atoms with van der Waals surface area (Å²) in [5.74, 6) is 0. The summed E-state index contributed by atoms with van der Waals surface area (Å²) in [5.41, 5.74) is 0.605. The van der Waals surface area contributed by atoms with Crippen LogP contribution in [-0.4, -0.2) is 6.29 Å². The topological polar surface area (TPSA) is 20.9 Å². The van der Waals surface area contributed by atoms with Crippen molar-refractivity contribution in [1.82, 2.24) is 0 Å². The third-order valence-electron chi connectivity index (χ3n) is 2.25. The van der Waals surface area contributed by atoms with Crippen molar-refractivity contribution in [3.05, 3.63) is 40.1 Å². The summed E-state index contributed by atoms with van der Waals surface area (Å²) in [4.78, 5) is 10.9. The maximum Gasteiger partial charge on any atom is 0.179 e. The van der Waals surface area contributed by atoms with Crippen LogP contribution in [0.15, 0.2) is 24.5 Å². The highest BCUT2D eigenvalue weighted by Crippen LogP contribution is 2.30. The molecule has 0 fully saturated rings. The SMILES string of the molecule is C[n+]1cc(C=O)c2ccc(Cl)c(Cl)c2c1. The molecule has 2 aromatic rings. The van der Waals surface area contributed by atoms with Gasteiger partial charge in [0.2, 0.25) is 0 Å². The summed E-state index contributed by atoms with van der Waals surface area (Å²) < 4.78 is 1.79. The minimum Gasteiger partial charge on any atom is -0.298 e. The highest BCUT2D eigenvalue weighted by molar-refractivity contribution is 6.45. The second-order valence-corrected chi connectivity index (χ2v) is 4.10. The first-order valence-electron chi connectivity index (χ1n) is 4.35. The summed E-state index contributed by atoms with van der Waals surface area (Å²) >= 11 is 12.0. The van der Waals surface area contributed by atoms with Gasteiger partial charge in [0, 0.05) is 5.39 Å². The van der Waals surface area contributed by atoms with Crippen LogP contribution in [-0.2, 0) is 7.05 Å². The zero-order chi connectivity index (χ0) is 11.0. The Balaban J connectivity index is 2.95. The van der Waals surface area contributed by atoms with Crippen LogP contribution < -0.4 is 4.57 Å². The third kappa shape index (κ3) is 1.71. The van der Waals surface area contributed by atoms with Crippen LogP contribution in [0, 0.1) is 0 Å². The van der Waals surface area contributed by atoms with Gasteiger partial charge in [-0.25, -0.2) is 4.57 Å². The maximum atomic E-state index is 10.9. The number of carbonyl (C=O) groups is 1. The van der Waals surface area contributed by atoms with E-state index in [1.54, 1.807) is 22.9 Å². The Morgan fingerprint density at radius 3 is 2.60 bits per heavy atom. The first-order chi connectivity index (χ1) is 7.13. The number of fused-ring (bicyclic) bond motifs is 1. The van der Waals surface area contributed by atoms with Crippen LogP contribution in [0.25, 0.3) is 10.8 Å². The van der Waals surface area contributed by atoms with Gasteiger partial charge in [-0.15, -0.1) is 0 Å². The number of hydrogen-bond acceptors (Lipinski definition) is 1. The number of rotatable bonds is 1. The largest absolute Gasteiger partial charge is 0.298 e. The molecule has 0 unspecified atom stereocenters. The Labute approximate surface area is 97.0 Å². The van der Waals surface area contributed by atoms with Crippen LogP contribution in [0.1, 0.15) is 10.4 Å². The Morgan fingerprint density at radius 1 is 1.20 bits per heavy atom. The van der Waals surface area contributed by atoms with Crippen molar-refractivity contribution in [1.29, 1.82) is 0 Å². The number of carbonyl (C=O) groups excluding carboxylic acids is 1. The van der Waals surface area contributed by atoms with Crippen molar-refractivity contribution in [2.24, 2.45) is 7.05 Å². The second kappa shape index (κ2) is 3.80. The monoisotopic (exact) mass is 240 g/mol.